The van der Waals surface area contributed by atoms with Gasteiger partial charge in [0.1, 0.15) is 5.78 Å². The van der Waals surface area contributed by atoms with E-state index in [9.17, 15) is 9.59 Å². The van der Waals surface area contributed by atoms with Crippen molar-refractivity contribution in [3.05, 3.63) is 0 Å². The molecule has 0 aliphatic heterocycles. The fourth-order valence-corrected chi connectivity index (χ4v) is 1.59. The molecule has 0 N–H and O–H groups in total. The largest absolute Gasteiger partial charge is 0.436 e. The maximum atomic E-state index is 10.5. The molecule has 0 amide bonds. The van der Waals surface area contributed by atoms with Crippen LogP contribution in [0.15, 0.2) is 0 Å². The van der Waals surface area contributed by atoms with Crippen molar-refractivity contribution in [1.29, 1.82) is 0 Å². The van der Waals surface area contributed by atoms with E-state index < -0.39 is 0 Å². The van der Waals surface area contributed by atoms with Gasteiger partial charge in [-0.3, -0.25) is 9.59 Å². The van der Waals surface area contributed by atoms with E-state index in [-0.39, 0.29) is 12.3 Å². The van der Waals surface area contributed by atoms with Crippen molar-refractivity contribution in [3.8, 4) is 0 Å². The lowest BCUT2D eigenvalue weighted by Crippen LogP contribution is -2.17. The molecule has 1 rings (SSSR count). The molecule has 0 radical (unpaired) electrons. The van der Waals surface area contributed by atoms with Gasteiger partial charge in [-0.05, 0) is 12.8 Å². The molecule has 4 heteroatoms. The molecule has 17 heavy (non-hydrogen) atoms. The first-order valence-corrected chi connectivity index (χ1v) is 6.31. The molecule has 0 bridgehead atoms. The van der Waals surface area contributed by atoms with Gasteiger partial charge in [-0.25, -0.2) is 0 Å². The highest BCUT2D eigenvalue weighted by Gasteiger charge is 2.07. The Hall–Kier alpha value is -0.900. The van der Waals surface area contributed by atoms with Crippen molar-refractivity contribution in [3.63, 3.8) is 0 Å². The quantitative estimate of drug-likeness (QED) is 0.563. The number of esters is 1. The zero-order chi connectivity index (χ0) is 13.1. The van der Waals surface area contributed by atoms with Crippen LogP contribution in [0.2, 0.25) is 0 Å². The zero-order valence-electron chi connectivity index (χ0n) is 11.2. The Balaban J connectivity index is 0.000000318. The Bertz CT molecular complexity index is 217. The summed E-state index contributed by atoms with van der Waals surface area (Å²) in [5, 5.41) is 0. The average molecular weight is 244 g/mol. The van der Waals surface area contributed by atoms with Gasteiger partial charge in [0.15, 0.2) is 0 Å². The van der Waals surface area contributed by atoms with E-state index >= 15 is 0 Å². The number of hydrogen-bond acceptors (Lipinski definition) is 4. The number of hydrogen-bond donors (Lipinski definition) is 0. The number of ketones is 1. The third kappa shape index (κ3) is 10.00. The minimum atomic E-state index is -0.359. The van der Waals surface area contributed by atoms with E-state index in [0.29, 0.717) is 5.78 Å². The lowest BCUT2D eigenvalue weighted by Gasteiger charge is -2.13. The van der Waals surface area contributed by atoms with E-state index in [1.807, 2.05) is 6.92 Å². The molecule has 0 aromatic heterocycles. The first kappa shape index (κ1) is 16.1. The molecule has 1 unspecified atom stereocenters. The second-order valence-corrected chi connectivity index (χ2v) is 4.16. The van der Waals surface area contributed by atoms with Crippen LogP contribution in [0, 0.1) is 0 Å². The fourth-order valence-electron chi connectivity index (χ4n) is 1.59. The van der Waals surface area contributed by atoms with Crippen LogP contribution in [0.4, 0.5) is 0 Å². The molecule has 1 aliphatic rings. The molecule has 1 fully saturated rings. The molecule has 0 heterocycles. The lowest BCUT2D eigenvalue weighted by molar-refractivity contribution is -0.171. The van der Waals surface area contributed by atoms with E-state index in [4.69, 9.17) is 9.47 Å². The van der Waals surface area contributed by atoms with Gasteiger partial charge in [0.05, 0.1) is 0 Å². The van der Waals surface area contributed by atoms with Crippen LogP contribution in [-0.2, 0) is 19.1 Å². The summed E-state index contributed by atoms with van der Waals surface area (Å²) in [5.41, 5.74) is 0. The maximum Gasteiger partial charge on any atom is 0.304 e. The molecule has 4 nitrogen and oxygen atoms in total. The third-order valence-corrected chi connectivity index (χ3v) is 2.50. The van der Waals surface area contributed by atoms with Crippen molar-refractivity contribution in [1.82, 2.24) is 0 Å². The summed E-state index contributed by atoms with van der Waals surface area (Å²) in [5.74, 6) is 0.173. The van der Waals surface area contributed by atoms with Crippen molar-refractivity contribution < 1.29 is 19.1 Å². The van der Waals surface area contributed by atoms with Crippen LogP contribution in [0.3, 0.4) is 0 Å². The average Bonchev–Trinajstić information content (AvgIpc) is 2.30. The van der Waals surface area contributed by atoms with Gasteiger partial charge in [-0.1, -0.05) is 19.8 Å². The van der Waals surface area contributed by atoms with Gasteiger partial charge >= 0.3 is 5.97 Å². The van der Waals surface area contributed by atoms with E-state index in [1.54, 1.807) is 0 Å². The summed E-state index contributed by atoms with van der Waals surface area (Å²) in [4.78, 5) is 20.8. The van der Waals surface area contributed by atoms with Gasteiger partial charge in [0, 0.05) is 33.3 Å². The lowest BCUT2D eigenvalue weighted by atomic mass is 10.00. The van der Waals surface area contributed by atoms with Crippen LogP contribution >= 0.6 is 0 Å². The predicted molar refractivity (Wildman–Crippen MR) is 65.6 cm³/mol. The molecule has 1 aliphatic carbocycles. The highest BCUT2D eigenvalue weighted by molar-refractivity contribution is 5.78. The van der Waals surface area contributed by atoms with Crippen LogP contribution in [0.25, 0.3) is 0 Å². The molecule has 1 atom stereocenters. The number of ether oxygens (including phenoxy) is 2. The molecule has 1 saturated carbocycles. The summed E-state index contributed by atoms with van der Waals surface area (Å²) in [7, 11) is 1.53. The van der Waals surface area contributed by atoms with Crippen LogP contribution in [0.1, 0.15) is 58.8 Å². The van der Waals surface area contributed by atoms with Crippen molar-refractivity contribution in [2.45, 2.75) is 65.1 Å². The Kier molecular flexibility index (Phi) is 9.72. The molecule has 0 aromatic rings. The van der Waals surface area contributed by atoms with E-state index in [1.165, 1.54) is 20.5 Å². The van der Waals surface area contributed by atoms with E-state index in [0.717, 1.165) is 38.5 Å². The van der Waals surface area contributed by atoms with Gasteiger partial charge in [-0.15, -0.1) is 0 Å². The number of Topliss-reactive ketones (excluding diaryl/α,β-unsaturated/α-hetero) is 1. The van der Waals surface area contributed by atoms with Crippen LogP contribution in [-0.4, -0.2) is 25.2 Å². The number of rotatable bonds is 4. The number of carbonyl (C=O) groups excluding carboxylic acids is 2. The second kappa shape index (κ2) is 10.3. The Labute approximate surface area is 104 Å². The standard InChI is InChI=1S/C7H14O3.C6H10O/c1-4-5-7(9-3)10-6(2)8;7-6-4-2-1-3-5-6/h7H,4-5H2,1-3H3;1-5H2. The topological polar surface area (TPSA) is 52.6 Å². The summed E-state index contributed by atoms with van der Waals surface area (Å²) in [6.07, 6.45) is 6.59. The highest BCUT2D eigenvalue weighted by atomic mass is 16.7. The first-order chi connectivity index (χ1) is 8.10. The number of methoxy groups -OCH3 is 1. The molecule has 0 saturated heterocycles. The maximum absolute atomic E-state index is 10.5. The molecular formula is C13H24O4. The fraction of sp³-hybridized carbons (Fsp3) is 0.846. The monoisotopic (exact) mass is 244 g/mol. The Morgan fingerprint density at radius 2 is 1.88 bits per heavy atom. The zero-order valence-corrected chi connectivity index (χ0v) is 11.2. The minimum absolute atomic E-state index is 0.291. The minimum Gasteiger partial charge on any atom is -0.436 e. The SMILES string of the molecule is CCCC(OC)OC(C)=O.O=C1CCCCC1. The smallest absolute Gasteiger partial charge is 0.304 e. The molecule has 100 valence electrons. The summed E-state index contributed by atoms with van der Waals surface area (Å²) in [6.45, 7) is 3.39. The Morgan fingerprint density at radius 1 is 1.29 bits per heavy atom. The summed E-state index contributed by atoms with van der Waals surface area (Å²) in [6, 6.07) is 0. The van der Waals surface area contributed by atoms with Crippen molar-refractivity contribution in [2.75, 3.05) is 7.11 Å². The molecule has 0 spiro atoms. The summed E-state index contributed by atoms with van der Waals surface area (Å²) >= 11 is 0. The third-order valence-electron chi connectivity index (χ3n) is 2.50. The van der Waals surface area contributed by atoms with Crippen molar-refractivity contribution in [2.24, 2.45) is 0 Å². The number of carbonyl (C=O) groups is 2. The second-order valence-electron chi connectivity index (χ2n) is 4.16. The van der Waals surface area contributed by atoms with Crippen LogP contribution in [0.5, 0.6) is 0 Å². The van der Waals surface area contributed by atoms with E-state index in [2.05, 4.69) is 0 Å². The Morgan fingerprint density at radius 3 is 2.18 bits per heavy atom. The predicted octanol–water partition coefficient (Wildman–Crippen LogP) is 2.84. The van der Waals surface area contributed by atoms with Gasteiger partial charge in [0.25, 0.3) is 0 Å². The normalized spacial score (nSPS) is 16.8. The van der Waals surface area contributed by atoms with Gasteiger partial charge in [-0.2, -0.15) is 0 Å². The van der Waals surface area contributed by atoms with Gasteiger partial charge in [0.2, 0.25) is 6.29 Å². The highest BCUT2D eigenvalue weighted by Crippen LogP contribution is 2.12. The van der Waals surface area contributed by atoms with Gasteiger partial charge < -0.3 is 9.47 Å². The first-order valence-electron chi connectivity index (χ1n) is 6.31. The molecule has 0 aromatic carbocycles. The summed E-state index contributed by atoms with van der Waals surface area (Å²) < 4.78 is 9.64. The van der Waals surface area contributed by atoms with Crippen LogP contribution < -0.4 is 0 Å². The van der Waals surface area contributed by atoms with Crippen molar-refractivity contribution >= 4 is 11.8 Å². The molecular weight excluding hydrogens is 220 g/mol.